The summed E-state index contributed by atoms with van der Waals surface area (Å²) in [6.07, 6.45) is 4.88. The van der Waals surface area contributed by atoms with Crippen LogP contribution >= 0.6 is 0 Å². The Balaban J connectivity index is 1.88. The van der Waals surface area contributed by atoms with E-state index in [-0.39, 0.29) is 5.60 Å². The van der Waals surface area contributed by atoms with Gasteiger partial charge in [0.25, 0.3) is 0 Å². The predicted octanol–water partition coefficient (Wildman–Crippen LogP) is 2.25. The van der Waals surface area contributed by atoms with Gasteiger partial charge in [-0.2, -0.15) is 4.98 Å². The molecule has 1 aromatic heterocycles. The van der Waals surface area contributed by atoms with Crippen molar-refractivity contribution in [2.75, 3.05) is 25.1 Å². The van der Waals surface area contributed by atoms with Crippen LogP contribution in [0.3, 0.4) is 0 Å². The second-order valence-electron chi connectivity index (χ2n) is 4.82. The number of nitrogens with one attached hydrogen (secondary N) is 1. The quantitative estimate of drug-likeness (QED) is 0.840. The average Bonchev–Trinajstić information content (AvgIpc) is 2.82. The van der Waals surface area contributed by atoms with E-state index in [1.807, 2.05) is 0 Å². The molecule has 1 fully saturated rings. The van der Waals surface area contributed by atoms with Crippen LogP contribution in [0.25, 0.3) is 0 Å². The number of nitrogens with zero attached hydrogens (tertiary/aromatic N) is 2. The van der Waals surface area contributed by atoms with Crippen LogP contribution < -0.4 is 10.1 Å². The first-order valence-electron chi connectivity index (χ1n) is 6.55. The van der Waals surface area contributed by atoms with Crippen LogP contribution in [0.1, 0.15) is 33.1 Å². The number of anilines is 1. The standard InChI is InChI=1S/C13H21N3O2/c1-3-8-17-11-5-7-14-12(16-11)15-10-13(2)6-4-9-18-13/h5,7H,3-4,6,8-10H2,1-2H3,(H,14,15,16). The zero-order chi connectivity index (χ0) is 12.8. The Hall–Kier alpha value is -1.36. The molecule has 0 amide bonds. The van der Waals surface area contributed by atoms with Gasteiger partial charge in [-0.3, -0.25) is 0 Å². The van der Waals surface area contributed by atoms with E-state index in [4.69, 9.17) is 9.47 Å². The van der Waals surface area contributed by atoms with Gasteiger partial charge in [0.2, 0.25) is 11.8 Å². The second-order valence-corrected chi connectivity index (χ2v) is 4.82. The summed E-state index contributed by atoms with van der Waals surface area (Å²) >= 11 is 0. The topological polar surface area (TPSA) is 56.3 Å². The molecule has 1 aliphatic rings. The highest BCUT2D eigenvalue weighted by atomic mass is 16.5. The van der Waals surface area contributed by atoms with Gasteiger partial charge < -0.3 is 14.8 Å². The van der Waals surface area contributed by atoms with Gasteiger partial charge in [0.15, 0.2) is 0 Å². The fourth-order valence-corrected chi connectivity index (χ4v) is 1.96. The molecule has 1 aliphatic heterocycles. The van der Waals surface area contributed by atoms with Crippen LogP contribution in [0, 0.1) is 0 Å². The highest BCUT2D eigenvalue weighted by molar-refractivity contribution is 5.28. The Morgan fingerprint density at radius 2 is 2.44 bits per heavy atom. The minimum absolute atomic E-state index is 0.0936. The molecule has 18 heavy (non-hydrogen) atoms. The van der Waals surface area contributed by atoms with Gasteiger partial charge in [-0.05, 0) is 26.2 Å². The number of rotatable bonds is 6. The Bertz CT molecular complexity index is 378. The molecule has 2 rings (SSSR count). The molecule has 1 saturated heterocycles. The third-order valence-electron chi connectivity index (χ3n) is 3.01. The monoisotopic (exact) mass is 251 g/mol. The maximum atomic E-state index is 5.71. The molecular weight excluding hydrogens is 230 g/mol. The average molecular weight is 251 g/mol. The summed E-state index contributed by atoms with van der Waals surface area (Å²) in [5.41, 5.74) is -0.0936. The van der Waals surface area contributed by atoms with Crippen molar-refractivity contribution in [1.29, 1.82) is 0 Å². The molecule has 2 heterocycles. The summed E-state index contributed by atoms with van der Waals surface area (Å²) in [6.45, 7) is 6.43. The van der Waals surface area contributed by atoms with Gasteiger partial charge in [0.05, 0.1) is 12.2 Å². The molecule has 1 atom stereocenters. The molecule has 0 bridgehead atoms. The molecule has 1 N–H and O–H groups in total. The van der Waals surface area contributed by atoms with E-state index in [1.165, 1.54) is 0 Å². The van der Waals surface area contributed by atoms with E-state index in [2.05, 4.69) is 29.1 Å². The van der Waals surface area contributed by atoms with Crippen molar-refractivity contribution in [1.82, 2.24) is 9.97 Å². The molecule has 0 spiro atoms. The zero-order valence-corrected chi connectivity index (χ0v) is 11.1. The molecule has 0 radical (unpaired) electrons. The lowest BCUT2D eigenvalue weighted by Gasteiger charge is -2.23. The van der Waals surface area contributed by atoms with Crippen LogP contribution in [-0.4, -0.2) is 35.3 Å². The van der Waals surface area contributed by atoms with Gasteiger partial charge in [0.1, 0.15) is 0 Å². The summed E-state index contributed by atoms with van der Waals surface area (Å²) in [7, 11) is 0. The summed E-state index contributed by atoms with van der Waals surface area (Å²) in [4.78, 5) is 8.48. The molecule has 1 unspecified atom stereocenters. The molecule has 0 saturated carbocycles. The van der Waals surface area contributed by atoms with Crippen molar-refractivity contribution in [2.45, 2.75) is 38.7 Å². The Kier molecular flexibility index (Phi) is 4.36. The van der Waals surface area contributed by atoms with Crippen molar-refractivity contribution in [3.63, 3.8) is 0 Å². The van der Waals surface area contributed by atoms with Gasteiger partial charge in [-0.15, -0.1) is 0 Å². The maximum Gasteiger partial charge on any atom is 0.226 e. The summed E-state index contributed by atoms with van der Waals surface area (Å²) in [6, 6.07) is 1.77. The Morgan fingerprint density at radius 3 is 3.17 bits per heavy atom. The third kappa shape index (κ3) is 3.57. The number of hydrogen-bond donors (Lipinski definition) is 1. The van der Waals surface area contributed by atoms with E-state index in [9.17, 15) is 0 Å². The normalized spacial score (nSPS) is 23.0. The van der Waals surface area contributed by atoms with Crippen molar-refractivity contribution >= 4 is 5.95 Å². The van der Waals surface area contributed by atoms with Gasteiger partial charge in [-0.25, -0.2) is 4.98 Å². The first kappa shape index (κ1) is 13.1. The lowest BCUT2D eigenvalue weighted by Crippen LogP contribution is -2.33. The number of hydrogen-bond acceptors (Lipinski definition) is 5. The number of aromatic nitrogens is 2. The third-order valence-corrected chi connectivity index (χ3v) is 3.01. The molecular formula is C13H21N3O2. The molecule has 1 aromatic rings. The molecule has 0 aliphatic carbocycles. The van der Waals surface area contributed by atoms with E-state index < -0.39 is 0 Å². The Morgan fingerprint density at radius 1 is 1.56 bits per heavy atom. The summed E-state index contributed by atoms with van der Waals surface area (Å²) in [5, 5.41) is 3.22. The molecule has 5 heteroatoms. The van der Waals surface area contributed by atoms with Crippen molar-refractivity contribution in [3.05, 3.63) is 12.3 Å². The summed E-state index contributed by atoms with van der Waals surface area (Å²) in [5.74, 6) is 1.21. The van der Waals surface area contributed by atoms with Gasteiger partial charge >= 0.3 is 0 Å². The highest BCUT2D eigenvalue weighted by Gasteiger charge is 2.29. The minimum Gasteiger partial charge on any atom is -0.478 e. The minimum atomic E-state index is -0.0936. The van der Waals surface area contributed by atoms with Crippen LogP contribution in [-0.2, 0) is 4.74 Å². The lowest BCUT2D eigenvalue weighted by molar-refractivity contribution is 0.0314. The van der Waals surface area contributed by atoms with Crippen LogP contribution in [0.2, 0.25) is 0 Å². The van der Waals surface area contributed by atoms with Crippen molar-refractivity contribution in [2.24, 2.45) is 0 Å². The first-order chi connectivity index (χ1) is 8.72. The fraction of sp³-hybridized carbons (Fsp3) is 0.692. The van der Waals surface area contributed by atoms with E-state index in [0.29, 0.717) is 18.4 Å². The highest BCUT2D eigenvalue weighted by Crippen LogP contribution is 2.25. The van der Waals surface area contributed by atoms with E-state index in [1.54, 1.807) is 12.3 Å². The molecule has 100 valence electrons. The first-order valence-corrected chi connectivity index (χ1v) is 6.55. The van der Waals surface area contributed by atoms with Crippen molar-refractivity contribution in [3.8, 4) is 5.88 Å². The van der Waals surface area contributed by atoms with E-state index in [0.717, 1.165) is 32.4 Å². The van der Waals surface area contributed by atoms with Crippen LogP contribution in [0.5, 0.6) is 5.88 Å². The SMILES string of the molecule is CCCOc1ccnc(NCC2(C)CCCO2)n1. The van der Waals surface area contributed by atoms with Gasteiger partial charge in [-0.1, -0.05) is 6.92 Å². The summed E-state index contributed by atoms with van der Waals surface area (Å²) < 4.78 is 11.2. The van der Waals surface area contributed by atoms with Crippen molar-refractivity contribution < 1.29 is 9.47 Å². The fourth-order valence-electron chi connectivity index (χ4n) is 1.96. The smallest absolute Gasteiger partial charge is 0.226 e. The second kappa shape index (κ2) is 6.00. The van der Waals surface area contributed by atoms with Crippen LogP contribution in [0.15, 0.2) is 12.3 Å². The molecule has 0 aromatic carbocycles. The Labute approximate surface area is 108 Å². The van der Waals surface area contributed by atoms with E-state index >= 15 is 0 Å². The zero-order valence-electron chi connectivity index (χ0n) is 11.1. The maximum absolute atomic E-state index is 5.71. The van der Waals surface area contributed by atoms with Gasteiger partial charge in [0, 0.05) is 25.4 Å². The van der Waals surface area contributed by atoms with Crippen LogP contribution in [0.4, 0.5) is 5.95 Å². The lowest BCUT2D eigenvalue weighted by atomic mass is 10.0. The number of ether oxygens (including phenoxy) is 2. The largest absolute Gasteiger partial charge is 0.478 e. The molecule has 5 nitrogen and oxygen atoms in total. The predicted molar refractivity (Wildman–Crippen MR) is 69.9 cm³/mol.